The molecule has 0 aliphatic heterocycles. The number of hydrogen-bond donors (Lipinski definition) is 2. The minimum Gasteiger partial charge on any atom is -0.393 e. The van der Waals surface area contributed by atoms with Gasteiger partial charge < -0.3 is 19.7 Å². The van der Waals surface area contributed by atoms with Crippen molar-refractivity contribution in [3.05, 3.63) is 35.9 Å². The van der Waals surface area contributed by atoms with Crippen molar-refractivity contribution in [2.24, 2.45) is 0 Å². The highest BCUT2D eigenvalue weighted by Crippen LogP contribution is 2.15. The zero-order valence-electron chi connectivity index (χ0n) is 10.2. The molecule has 0 spiro atoms. The molecular weight excluding hydrogens is 220 g/mol. The van der Waals surface area contributed by atoms with Crippen LogP contribution >= 0.6 is 0 Å². The van der Waals surface area contributed by atoms with E-state index in [4.69, 9.17) is 9.47 Å². The summed E-state index contributed by atoms with van der Waals surface area (Å²) in [7, 11) is 1.56. The van der Waals surface area contributed by atoms with E-state index in [-0.39, 0.29) is 12.7 Å². The Kier molecular flexibility index (Phi) is 6.15. The van der Waals surface area contributed by atoms with Gasteiger partial charge in [-0.15, -0.1) is 0 Å². The van der Waals surface area contributed by atoms with Gasteiger partial charge in [0, 0.05) is 19.1 Å². The van der Waals surface area contributed by atoms with E-state index in [2.05, 4.69) is 0 Å². The van der Waals surface area contributed by atoms with Gasteiger partial charge in [-0.3, -0.25) is 0 Å². The van der Waals surface area contributed by atoms with Gasteiger partial charge in [-0.25, -0.2) is 0 Å². The SMILES string of the molecule is COC(COC(O)c1ccccc1)CC(C)O. The summed E-state index contributed by atoms with van der Waals surface area (Å²) in [5.74, 6) is 0. The molecular formula is C13H20O4. The number of aliphatic hydroxyl groups excluding tert-OH is 2. The van der Waals surface area contributed by atoms with Gasteiger partial charge in [0.05, 0.1) is 18.8 Å². The van der Waals surface area contributed by atoms with Crippen molar-refractivity contribution in [2.45, 2.75) is 31.8 Å². The Morgan fingerprint density at radius 3 is 2.35 bits per heavy atom. The molecule has 2 N–H and O–H groups in total. The number of rotatable bonds is 7. The van der Waals surface area contributed by atoms with Crippen LogP contribution in [0.5, 0.6) is 0 Å². The van der Waals surface area contributed by atoms with Crippen LogP contribution in [-0.2, 0) is 9.47 Å². The molecule has 0 saturated heterocycles. The van der Waals surface area contributed by atoms with E-state index in [1.807, 2.05) is 18.2 Å². The molecule has 1 aromatic rings. The van der Waals surface area contributed by atoms with Crippen LogP contribution in [0.1, 0.15) is 25.2 Å². The summed E-state index contributed by atoms with van der Waals surface area (Å²) in [6.45, 7) is 1.94. The third-order valence-corrected chi connectivity index (χ3v) is 2.46. The van der Waals surface area contributed by atoms with Crippen molar-refractivity contribution in [2.75, 3.05) is 13.7 Å². The number of hydrogen-bond acceptors (Lipinski definition) is 4. The lowest BCUT2D eigenvalue weighted by molar-refractivity contribution is -0.133. The van der Waals surface area contributed by atoms with Crippen LogP contribution in [0.3, 0.4) is 0 Å². The molecule has 0 heterocycles. The molecule has 17 heavy (non-hydrogen) atoms. The molecule has 0 bridgehead atoms. The van der Waals surface area contributed by atoms with Crippen molar-refractivity contribution in [3.63, 3.8) is 0 Å². The summed E-state index contributed by atoms with van der Waals surface area (Å²) in [5, 5.41) is 19.0. The Labute approximate surface area is 102 Å². The molecule has 0 aromatic heterocycles. The molecule has 0 amide bonds. The Hall–Kier alpha value is -0.940. The van der Waals surface area contributed by atoms with Gasteiger partial charge in [0.25, 0.3) is 0 Å². The lowest BCUT2D eigenvalue weighted by Gasteiger charge is -2.19. The first-order chi connectivity index (χ1) is 8.13. The van der Waals surface area contributed by atoms with Crippen molar-refractivity contribution in [1.29, 1.82) is 0 Å². The standard InChI is InChI=1S/C13H20O4/c1-10(14)8-12(16-2)9-17-13(15)11-6-4-3-5-7-11/h3-7,10,12-15H,8-9H2,1-2H3. The monoisotopic (exact) mass is 240 g/mol. The molecule has 4 heteroatoms. The van der Waals surface area contributed by atoms with E-state index < -0.39 is 12.4 Å². The van der Waals surface area contributed by atoms with E-state index in [1.165, 1.54) is 0 Å². The Morgan fingerprint density at radius 2 is 1.82 bits per heavy atom. The van der Waals surface area contributed by atoms with Gasteiger partial charge in [-0.05, 0) is 6.92 Å². The van der Waals surface area contributed by atoms with Crippen molar-refractivity contribution >= 4 is 0 Å². The second kappa shape index (κ2) is 7.40. The first kappa shape index (κ1) is 14.1. The maximum absolute atomic E-state index is 9.76. The minimum atomic E-state index is -0.956. The molecule has 0 radical (unpaired) electrons. The second-order valence-electron chi connectivity index (χ2n) is 4.04. The Balaban J connectivity index is 2.39. The maximum Gasteiger partial charge on any atom is 0.181 e. The zero-order chi connectivity index (χ0) is 12.7. The van der Waals surface area contributed by atoms with E-state index in [9.17, 15) is 10.2 Å². The van der Waals surface area contributed by atoms with Crippen molar-refractivity contribution < 1.29 is 19.7 Å². The van der Waals surface area contributed by atoms with Gasteiger partial charge in [-0.2, -0.15) is 0 Å². The third kappa shape index (κ3) is 5.28. The number of ether oxygens (including phenoxy) is 2. The van der Waals surface area contributed by atoms with Crippen LogP contribution in [0.2, 0.25) is 0 Å². The lowest BCUT2D eigenvalue weighted by atomic mass is 10.2. The highest BCUT2D eigenvalue weighted by atomic mass is 16.6. The number of aliphatic hydroxyl groups is 2. The fourth-order valence-corrected chi connectivity index (χ4v) is 1.53. The predicted octanol–water partition coefficient (Wildman–Crippen LogP) is 1.48. The largest absolute Gasteiger partial charge is 0.393 e. The normalized spacial score (nSPS) is 16.5. The third-order valence-electron chi connectivity index (χ3n) is 2.46. The van der Waals surface area contributed by atoms with Crippen LogP contribution in [0, 0.1) is 0 Å². The van der Waals surface area contributed by atoms with Gasteiger partial charge >= 0.3 is 0 Å². The molecule has 0 saturated carbocycles. The van der Waals surface area contributed by atoms with Crippen molar-refractivity contribution in [3.8, 4) is 0 Å². The van der Waals surface area contributed by atoms with Gasteiger partial charge in [0.2, 0.25) is 0 Å². The van der Waals surface area contributed by atoms with E-state index in [1.54, 1.807) is 26.2 Å². The Bertz CT molecular complexity index is 300. The van der Waals surface area contributed by atoms with Crippen LogP contribution < -0.4 is 0 Å². The summed E-state index contributed by atoms with van der Waals surface area (Å²) < 4.78 is 10.5. The van der Waals surface area contributed by atoms with Crippen molar-refractivity contribution in [1.82, 2.24) is 0 Å². The minimum absolute atomic E-state index is 0.214. The number of benzene rings is 1. The van der Waals surface area contributed by atoms with E-state index in [0.29, 0.717) is 12.0 Å². The predicted molar refractivity (Wildman–Crippen MR) is 64.4 cm³/mol. The average Bonchev–Trinajstić information content (AvgIpc) is 2.34. The molecule has 0 aliphatic carbocycles. The quantitative estimate of drug-likeness (QED) is 0.709. The molecule has 3 atom stereocenters. The maximum atomic E-state index is 9.76. The summed E-state index contributed by atoms with van der Waals surface area (Å²) in [5.41, 5.74) is 0.708. The fourth-order valence-electron chi connectivity index (χ4n) is 1.53. The van der Waals surface area contributed by atoms with Crippen LogP contribution in [0.4, 0.5) is 0 Å². The molecule has 0 fully saturated rings. The van der Waals surface area contributed by atoms with Gasteiger partial charge in [-0.1, -0.05) is 30.3 Å². The molecule has 0 aliphatic rings. The lowest BCUT2D eigenvalue weighted by Crippen LogP contribution is -2.24. The van der Waals surface area contributed by atoms with Gasteiger partial charge in [0.1, 0.15) is 0 Å². The topological polar surface area (TPSA) is 58.9 Å². The highest BCUT2D eigenvalue weighted by Gasteiger charge is 2.14. The molecule has 3 unspecified atom stereocenters. The summed E-state index contributed by atoms with van der Waals surface area (Å²) in [6.07, 6.45) is -1.13. The molecule has 4 nitrogen and oxygen atoms in total. The highest BCUT2D eigenvalue weighted by molar-refractivity contribution is 5.15. The molecule has 96 valence electrons. The smallest absolute Gasteiger partial charge is 0.181 e. The van der Waals surface area contributed by atoms with Gasteiger partial charge in [0.15, 0.2) is 6.29 Å². The van der Waals surface area contributed by atoms with E-state index in [0.717, 1.165) is 0 Å². The van der Waals surface area contributed by atoms with Crippen LogP contribution in [0.15, 0.2) is 30.3 Å². The van der Waals surface area contributed by atoms with Crippen LogP contribution in [-0.4, -0.2) is 36.1 Å². The summed E-state index contributed by atoms with van der Waals surface area (Å²) in [6, 6.07) is 9.14. The molecule has 1 aromatic carbocycles. The second-order valence-corrected chi connectivity index (χ2v) is 4.04. The summed E-state index contributed by atoms with van der Waals surface area (Å²) in [4.78, 5) is 0. The first-order valence-corrected chi connectivity index (χ1v) is 5.69. The zero-order valence-corrected chi connectivity index (χ0v) is 10.2. The van der Waals surface area contributed by atoms with E-state index >= 15 is 0 Å². The summed E-state index contributed by atoms with van der Waals surface area (Å²) >= 11 is 0. The molecule has 1 rings (SSSR count). The first-order valence-electron chi connectivity index (χ1n) is 5.69. The number of methoxy groups -OCH3 is 1. The Morgan fingerprint density at radius 1 is 1.18 bits per heavy atom. The fraction of sp³-hybridized carbons (Fsp3) is 0.538. The average molecular weight is 240 g/mol. The van der Waals surface area contributed by atoms with Crippen LogP contribution in [0.25, 0.3) is 0 Å².